The van der Waals surface area contributed by atoms with Crippen LogP contribution in [0.2, 0.25) is 0 Å². The predicted molar refractivity (Wildman–Crippen MR) is 67.1 cm³/mol. The monoisotopic (exact) mass is 238 g/mol. The van der Waals surface area contributed by atoms with Crippen LogP contribution < -0.4 is 5.32 Å². The Hall–Kier alpha value is -0.870. The Labute approximate surface area is 100 Å². The van der Waals surface area contributed by atoms with Gasteiger partial charge in [0.15, 0.2) is 0 Å². The van der Waals surface area contributed by atoms with Crippen molar-refractivity contribution in [3.8, 4) is 0 Å². The Morgan fingerprint density at radius 2 is 2.50 bits per heavy atom. The molecule has 0 unspecified atom stereocenters. The largest absolute Gasteiger partial charge is 0.333 e. The van der Waals surface area contributed by atoms with Crippen molar-refractivity contribution in [2.75, 3.05) is 19.6 Å². The van der Waals surface area contributed by atoms with E-state index in [4.69, 9.17) is 0 Å². The van der Waals surface area contributed by atoms with Crippen molar-refractivity contribution < 1.29 is 4.79 Å². The smallest absolute Gasteiger partial charge is 0.264 e. The third-order valence-corrected chi connectivity index (χ3v) is 4.03. The molecule has 2 heterocycles. The fourth-order valence-electron chi connectivity index (χ4n) is 2.07. The van der Waals surface area contributed by atoms with Crippen molar-refractivity contribution in [1.82, 2.24) is 10.2 Å². The van der Waals surface area contributed by atoms with Crippen molar-refractivity contribution in [3.63, 3.8) is 0 Å². The molecule has 1 N–H and O–H groups in total. The normalized spacial score (nSPS) is 21.1. The molecule has 3 nitrogen and oxygen atoms in total. The highest BCUT2D eigenvalue weighted by Crippen LogP contribution is 2.21. The van der Waals surface area contributed by atoms with Crippen molar-refractivity contribution in [1.29, 1.82) is 0 Å². The summed E-state index contributed by atoms with van der Waals surface area (Å²) in [6.07, 6.45) is 0.936. The van der Waals surface area contributed by atoms with E-state index < -0.39 is 0 Å². The first-order chi connectivity index (χ1) is 7.74. The molecular formula is C12H18N2OS. The summed E-state index contributed by atoms with van der Waals surface area (Å²) < 4.78 is 0. The first-order valence-electron chi connectivity index (χ1n) is 5.82. The predicted octanol–water partition coefficient (Wildman–Crippen LogP) is 1.74. The minimum Gasteiger partial charge on any atom is -0.333 e. The second-order valence-corrected chi connectivity index (χ2v) is 5.10. The van der Waals surface area contributed by atoms with Crippen LogP contribution in [0.5, 0.6) is 0 Å². The van der Waals surface area contributed by atoms with Gasteiger partial charge in [0, 0.05) is 25.7 Å². The quantitative estimate of drug-likeness (QED) is 0.851. The highest BCUT2D eigenvalue weighted by molar-refractivity contribution is 7.12. The number of nitrogens with one attached hydrogen (secondary N) is 1. The standard InChI is InChI=1S/C12H18N2OS/c1-3-10-4-7-16-11(10)12(15)14-6-5-13-8-9(14)2/h4,7,9,13H,3,5-6,8H2,1-2H3/t9-/m1/s1. The maximum atomic E-state index is 12.4. The van der Waals surface area contributed by atoms with E-state index in [0.717, 1.165) is 30.9 Å². The molecule has 1 aliphatic rings. The van der Waals surface area contributed by atoms with Crippen LogP contribution in [-0.4, -0.2) is 36.5 Å². The van der Waals surface area contributed by atoms with Crippen LogP contribution in [0.15, 0.2) is 11.4 Å². The number of piperazine rings is 1. The maximum Gasteiger partial charge on any atom is 0.264 e. The summed E-state index contributed by atoms with van der Waals surface area (Å²) in [5, 5.41) is 5.32. The number of nitrogens with zero attached hydrogens (tertiary/aromatic N) is 1. The number of thiophene rings is 1. The molecule has 0 saturated carbocycles. The average Bonchev–Trinajstić information content (AvgIpc) is 2.77. The van der Waals surface area contributed by atoms with Crippen LogP contribution in [0.1, 0.15) is 29.1 Å². The lowest BCUT2D eigenvalue weighted by Gasteiger charge is -2.33. The molecular weight excluding hydrogens is 220 g/mol. The van der Waals surface area contributed by atoms with Crippen LogP contribution >= 0.6 is 11.3 Å². The molecule has 1 saturated heterocycles. The van der Waals surface area contributed by atoms with Crippen molar-refractivity contribution >= 4 is 17.2 Å². The summed E-state index contributed by atoms with van der Waals surface area (Å²) in [5.74, 6) is 0.209. The average molecular weight is 238 g/mol. The van der Waals surface area contributed by atoms with Gasteiger partial charge in [0.25, 0.3) is 5.91 Å². The van der Waals surface area contributed by atoms with Crippen LogP contribution in [0.3, 0.4) is 0 Å². The minimum absolute atomic E-state index is 0.209. The van der Waals surface area contributed by atoms with Crippen LogP contribution in [-0.2, 0) is 6.42 Å². The van der Waals surface area contributed by atoms with Gasteiger partial charge in [0.1, 0.15) is 0 Å². The summed E-state index contributed by atoms with van der Waals surface area (Å²) in [6.45, 7) is 6.83. The van der Waals surface area contributed by atoms with E-state index in [2.05, 4.69) is 25.2 Å². The van der Waals surface area contributed by atoms with E-state index in [1.165, 1.54) is 5.56 Å². The van der Waals surface area contributed by atoms with Crippen LogP contribution in [0, 0.1) is 0 Å². The molecule has 0 bridgehead atoms. The molecule has 0 aromatic carbocycles. The molecule has 1 fully saturated rings. The maximum absolute atomic E-state index is 12.4. The first kappa shape index (κ1) is 11.6. The van der Waals surface area contributed by atoms with E-state index in [9.17, 15) is 4.79 Å². The molecule has 4 heteroatoms. The number of amides is 1. The summed E-state index contributed by atoms with van der Waals surface area (Å²) in [4.78, 5) is 15.3. The second-order valence-electron chi connectivity index (χ2n) is 4.18. The Morgan fingerprint density at radius 1 is 1.69 bits per heavy atom. The van der Waals surface area contributed by atoms with Crippen LogP contribution in [0.4, 0.5) is 0 Å². The van der Waals surface area contributed by atoms with E-state index in [-0.39, 0.29) is 5.91 Å². The highest BCUT2D eigenvalue weighted by Gasteiger charge is 2.25. The van der Waals surface area contributed by atoms with Gasteiger partial charge in [-0.3, -0.25) is 4.79 Å². The molecule has 88 valence electrons. The zero-order chi connectivity index (χ0) is 11.5. The summed E-state index contributed by atoms with van der Waals surface area (Å²) in [6, 6.07) is 2.36. The van der Waals surface area contributed by atoms with E-state index >= 15 is 0 Å². The fourth-order valence-corrected chi connectivity index (χ4v) is 3.03. The zero-order valence-corrected chi connectivity index (χ0v) is 10.6. The molecule has 16 heavy (non-hydrogen) atoms. The van der Waals surface area contributed by atoms with Gasteiger partial charge in [-0.05, 0) is 30.4 Å². The molecule has 0 aliphatic carbocycles. The van der Waals surface area contributed by atoms with Gasteiger partial charge in [-0.1, -0.05) is 6.92 Å². The Balaban J connectivity index is 2.17. The SMILES string of the molecule is CCc1ccsc1C(=O)N1CCNC[C@H]1C. The third kappa shape index (κ3) is 2.13. The molecule has 0 spiro atoms. The number of rotatable bonds is 2. The summed E-state index contributed by atoms with van der Waals surface area (Å²) >= 11 is 1.57. The van der Waals surface area contributed by atoms with Gasteiger partial charge < -0.3 is 10.2 Å². The second kappa shape index (κ2) is 4.97. The van der Waals surface area contributed by atoms with Crippen molar-refractivity contribution in [2.24, 2.45) is 0 Å². The summed E-state index contributed by atoms with van der Waals surface area (Å²) in [5.41, 5.74) is 1.18. The van der Waals surface area contributed by atoms with Gasteiger partial charge in [-0.15, -0.1) is 11.3 Å². The molecule has 1 atom stereocenters. The number of carbonyl (C=O) groups excluding carboxylic acids is 1. The van der Waals surface area contributed by atoms with Gasteiger partial charge in [-0.2, -0.15) is 0 Å². The lowest BCUT2D eigenvalue weighted by Crippen LogP contribution is -2.52. The van der Waals surface area contributed by atoms with E-state index in [1.54, 1.807) is 11.3 Å². The Bertz CT molecular complexity index is 375. The number of hydrogen-bond acceptors (Lipinski definition) is 3. The number of carbonyl (C=O) groups is 1. The molecule has 1 aromatic rings. The Morgan fingerprint density at radius 3 is 3.19 bits per heavy atom. The minimum atomic E-state index is 0.209. The van der Waals surface area contributed by atoms with Crippen molar-refractivity contribution in [2.45, 2.75) is 26.3 Å². The van der Waals surface area contributed by atoms with Gasteiger partial charge >= 0.3 is 0 Å². The number of hydrogen-bond donors (Lipinski definition) is 1. The first-order valence-corrected chi connectivity index (χ1v) is 6.70. The topological polar surface area (TPSA) is 32.3 Å². The molecule has 1 aliphatic heterocycles. The van der Waals surface area contributed by atoms with Gasteiger partial charge in [0.2, 0.25) is 0 Å². The zero-order valence-electron chi connectivity index (χ0n) is 9.82. The Kier molecular flexibility index (Phi) is 3.61. The number of aryl methyl sites for hydroxylation is 1. The highest BCUT2D eigenvalue weighted by atomic mass is 32.1. The molecule has 1 aromatic heterocycles. The van der Waals surface area contributed by atoms with Crippen LogP contribution in [0.25, 0.3) is 0 Å². The summed E-state index contributed by atoms with van der Waals surface area (Å²) in [7, 11) is 0. The van der Waals surface area contributed by atoms with Crippen molar-refractivity contribution in [3.05, 3.63) is 21.9 Å². The molecule has 0 radical (unpaired) electrons. The van der Waals surface area contributed by atoms with Gasteiger partial charge in [0.05, 0.1) is 4.88 Å². The lowest BCUT2D eigenvalue weighted by atomic mass is 10.1. The van der Waals surface area contributed by atoms with E-state index in [1.807, 2.05) is 10.3 Å². The third-order valence-electron chi connectivity index (χ3n) is 3.08. The fraction of sp³-hybridized carbons (Fsp3) is 0.583. The molecule has 1 amide bonds. The molecule has 2 rings (SSSR count). The van der Waals surface area contributed by atoms with E-state index in [0.29, 0.717) is 6.04 Å². The van der Waals surface area contributed by atoms with Gasteiger partial charge in [-0.25, -0.2) is 0 Å². The lowest BCUT2D eigenvalue weighted by molar-refractivity contribution is 0.0660.